The lowest BCUT2D eigenvalue weighted by Crippen LogP contribution is -2.12. The highest BCUT2D eigenvalue weighted by Crippen LogP contribution is 2.13. The Morgan fingerprint density at radius 1 is 1.45 bits per heavy atom. The van der Waals surface area contributed by atoms with Crippen LogP contribution in [-0.2, 0) is 4.74 Å². The molecular weight excluding hydrogens is 282 g/mol. The zero-order valence-corrected chi connectivity index (χ0v) is 11.4. The van der Waals surface area contributed by atoms with Gasteiger partial charge in [0.25, 0.3) is 5.91 Å². The van der Waals surface area contributed by atoms with Crippen molar-refractivity contribution in [2.24, 2.45) is 0 Å². The lowest BCUT2D eigenvalue weighted by Gasteiger charge is -2.01. The molecule has 2 rings (SSSR count). The summed E-state index contributed by atoms with van der Waals surface area (Å²) < 4.78 is 4.83. The van der Waals surface area contributed by atoms with Crippen LogP contribution in [0.15, 0.2) is 30.6 Å². The van der Waals surface area contributed by atoms with Crippen LogP contribution in [0.5, 0.6) is 0 Å². The molecule has 0 unspecified atom stereocenters. The molecule has 2 aromatic rings. The van der Waals surface area contributed by atoms with Crippen molar-refractivity contribution in [2.75, 3.05) is 11.9 Å². The van der Waals surface area contributed by atoms with Gasteiger partial charge in [-0.2, -0.15) is 0 Å². The molecule has 0 saturated carbocycles. The molecule has 0 radical (unpaired) electrons. The number of ether oxygens (including phenoxy) is 1. The van der Waals surface area contributed by atoms with Gasteiger partial charge >= 0.3 is 5.97 Å². The van der Waals surface area contributed by atoms with Crippen LogP contribution in [-0.4, -0.2) is 28.5 Å². The highest BCUT2D eigenvalue weighted by atomic mass is 35.5. The molecule has 2 N–H and O–H groups in total. The van der Waals surface area contributed by atoms with Crippen molar-refractivity contribution in [3.8, 4) is 0 Å². The third-order valence-electron chi connectivity index (χ3n) is 2.40. The van der Waals surface area contributed by atoms with Gasteiger partial charge in [-0.15, -0.1) is 0 Å². The maximum absolute atomic E-state index is 11.9. The van der Waals surface area contributed by atoms with Gasteiger partial charge in [-0.25, -0.2) is 9.78 Å². The molecule has 20 heavy (non-hydrogen) atoms. The summed E-state index contributed by atoms with van der Waals surface area (Å²) >= 11 is 5.69. The highest BCUT2D eigenvalue weighted by Gasteiger charge is 2.12. The monoisotopic (exact) mass is 293 g/mol. The number of aromatic amines is 1. The van der Waals surface area contributed by atoms with Crippen LogP contribution in [0.3, 0.4) is 0 Å². The smallest absolute Gasteiger partial charge is 0.354 e. The van der Waals surface area contributed by atoms with Gasteiger partial charge in [0.05, 0.1) is 17.3 Å². The molecule has 0 saturated heterocycles. The van der Waals surface area contributed by atoms with E-state index in [0.29, 0.717) is 10.7 Å². The minimum Gasteiger partial charge on any atom is -0.461 e. The second kappa shape index (κ2) is 6.21. The molecule has 0 bridgehead atoms. The number of pyridine rings is 1. The van der Waals surface area contributed by atoms with Crippen LogP contribution in [0.25, 0.3) is 0 Å². The number of H-pyrrole nitrogens is 1. The Morgan fingerprint density at radius 3 is 2.90 bits per heavy atom. The van der Waals surface area contributed by atoms with Gasteiger partial charge in [-0.3, -0.25) is 4.79 Å². The number of esters is 1. The summed E-state index contributed by atoms with van der Waals surface area (Å²) in [6.07, 6.45) is 2.89. The van der Waals surface area contributed by atoms with E-state index in [-0.39, 0.29) is 18.0 Å². The topological polar surface area (TPSA) is 84.1 Å². The van der Waals surface area contributed by atoms with Crippen LogP contribution in [0, 0.1) is 0 Å². The fourth-order valence-corrected chi connectivity index (χ4v) is 1.61. The summed E-state index contributed by atoms with van der Waals surface area (Å²) in [7, 11) is 0. The normalized spacial score (nSPS) is 10.1. The first-order valence-corrected chi connectivity index (χ1v) is 6.26. The number of amides is 1. The Morgan fingerprint density at radius 2 is 2.25 bits per heavy atom. The summed E-state index contributed by atoms with van der Waals surface area (Å²) in [5, 5.41) is 3.06. The summed E-state index contributed by atoms with van der Waals surface area (Å²) in [4.78, 5) is 30.0. The second-order valence-electron chi connectivity index (χ2n) is 3.84. The minimum atomic E-state index is -0.474. The molecule has 0 aromatic carbocycles. The third kappa shape index (κ3) is 3.36. The van der Waals surface area contributed by atoms with E-state index in [2.05, 4.69) is 15.3 Å². The summed E-state index contributed by atoms with van der Waals surface area (Å²) in [6, 6.07) is 4.58. The van der Waals surface area contributed by atoms with E-state index in [9.17, 15) is 9.59 Å². The van der Waals surface area contributed by atoms with Gasteiger partial charge in [0, 0.05) is 12.4 Å². The molecule has 0 aliphatic carbocycles. The number of rotatable bonds is 4. The number of aromatic nitrogens is 2. The van der Waals surface area contributed by atoms with E-state index in [1.165, 1.54) is 24.5 Å². The first-order chi connectivity index (χ1) is 9.60. The van der Waals surface area contributed by atoms with E-state index in [4.69, 9.17) is 16.3 Å². The van der Waals surface area contributed by atoms with Crippen LogP contribution < -0.4 is 5.32 Å². The number of carbonyl (C=O) groups is 2. The lowest BCUT2D eigenvalue weighted by molar-refractivity contribution is 0.0520. The number of hydrogen-bond donors (Lipinski definition) is 2. The fraction of sp³-hybridized carbons (Fsp3) is 0.154. The van der Waals surface area contributed by atoms with Gasteiger partial charge in [-0.05, 0) is 25.1 Å². The molecule has 0 fully saturated rings. The van der Waals surface area contributed by atoms with E-state index >= 15 is 0 Å². The van der Waals surface area contributed by atoms with Crippen molar-refractivity contribution in [2.45, 2.75) is 6.92 Å². The van der Waals surface area contributed by atoms with Crippen LogP contribution in [0.4, 0.5) is 5.69 Å². The molecule has 0 spiro atoms. The number of hydrogen-bond acceptors (Lipinski definition) is 4. The lowest BCUT2D eigenvalue weighted by atomic mass is 10.3. The Bertz CT molecular complexity index is 622. The summed E-state index contributed by atoms with van der Waals surface area (Å²) in [6.45, 7) is 2.00. The van der Waals surface area contributed by atoms with Crippen molar-refractivity contribution in [1.82, 2.24) is 9.97 Å². The Kier molecular flexibility index (Phi) is 4.37. The van der Waals surface area contributed by atoms with Crippen LogP contribution >= 0.6 is 11.6 Å². The number of nitrogens with zero attached hydrogens (tertiary/aromatic N) is 1. The van der Waals surface area contributed by atoms with Gasteiger partial charge in [0.2, 0.25) is 0 Å². The maximum Gasteiger partial charge on any atom is 0.354 e. The van der Waals surface area contributed by atoms with Crippen molar-refractivity contribution < 1.29 is 14.3 Å². The molecule has 6 nitrogen and oxygen atoms in total. The van der Waals surface area contributed by atoms with Crippen LogP contribution in [0.1, 0.15) is 27.9 Å². The van der Waals surface area contributed by atoms with E-state index < -0.39 is 11.9 Å². The molecule has 0 atom stereocenters. The van der Waals surface area contributed by atoms with Gasteiger partial charge in [-0.1, -0.05) is 11.6 Å². The molecule has 0 aliphatic heterocycles. The average Bonchev–Trinajstić information content (AvgIpc) is 2.88. The Balaban J connectivity index is 2.05. The van der Waals surface area contributed by atoms with Crippen LogP contribution in [0.2, 0.25) is 5.02 Å². The average molecular weight is 294 g/mol. The van der Waals surface area contributed by atoms with Crippen molar-refractivity contribution in [1.29, 1.82) is 0 Å². The molecule has 104 valence electrons. The molecule has 7 heteroatoms. The van der Waals surface area contributed by atoms with Crippen molar-refractivity contribution >= 4 is 29.2 Å². The number of carbonyl (C=O) groups excluding carboxylic acids is 2. The van der Waals surface area contributed by atoms with E-state index in [0.717, 1.165) is 0 Å². The number of anilines is 1. The Hall–Kier alpha value is -2.34. The standard InChI is InChI=1S/C13H12ClN3O3/c1-2-20-13(19)11-5-9(7-16-11)17-12(18)10-4-3-8(14)6-15-10/h3-7,16H,2H2,1H3,(H,17,18). The van der Waals surface area contributed by atoms with Crippen molar-refractivity contribution in [3.63, 3.8) is 0 Å². The fourth-order valence-electron chi connectivity index (χ4n) is 1.50. The van der Waals surface area contributed by atoms with Gasteiger partial charge in [0.1, 0.15) is 11.4 Å². The number of nitrogens with one attached hydrogen (secondary N) is 2. The second-order valence-corrected chi connectivity index (χ2v) is 4.27. The zero-order chi connectivity index (χ0) is 14.5. The summed E-state index contributed by atoms with van der Waals surface area (Å²) in [5.41, 5.74) is 0.953. The maximum atomic E-state index is 11.9. The van der Waals surface area contributed by atoms with Gasteiger partial charge in [0.15, 0.2) is 0 Å². The predicted molar refractivity (Wildman–Crippen MR) is 73.9 cm³/mol. The zero-order valence-electron chi connectivity index (χ0n) is 10.6. The molecule has 1 amide bonds. The minimum absolute atomic E-state index is 0.230. The SMILES string of the molecule is CCOC(=O)c1cc(NC(=O)c2ccc(Cl)cn2)c[nH]1. The summed E-state index contributed by atoms with van der Waals surface area (Å²) in [5.74, 6) is -0.867. The first kappa shape index (κ1) is 14.1. The Labute approximate surface area is 120 Å². The molecule has 2 heterocycles. The first-order valence-electron chi connectivity index (χ1n) is 5.88. The quantitative estimate of drug-likeness (QED) is 0.848. The van der Waals surface area contributed by atoms with Crippen molar-refractivity contribution in [3.05, 3.63) is 47.0 Å². The molecular formula is C13H12ClN3O3. The largest absolute Gasteiger partial charge is 0.461 e. The van der Waals surface area contributed by atoms with E-state index in [1.54, 1.807) is 13.0 Å². The predicted octanol–water partition coefficient (Wildman–Crippen LogP) is 2.49. The number of halogens is 1. The highest BCUT2D eigenvalue weighted by molar-refractivity contribution is 6.30. The third-order valence-corrected chi connectivity index (χ3v) is 2.62. The molecule has 2 aromatic heterocycles. The van der Waals surface area contributed by atoms with Gasteiger partial charge < -0.3 is 15.0 Å². The molecule has 0 aliphatic rings. The van der Waals surface area contributed by atoms with E-state index in [1.807, 2.05) is 0 Å².